The number of nitrogens with one attached hydrogen (secondary N) is 1. The van der Waals surface area contributed by atoms with E-state index < -0.39 is 0 Å². The SMILES string of the molecule is CC(C)NCCCN1CCN2C(=O)CCC2C1. The molecule has 2 aliphatic heterocycles. The van der Waals surface area contributed by atoms with E-state index in [1.807, 2.05) is 0 Å². The minimum absolute atomic E-state index is 0.371. The monoisotopic (exact) mass is 239 g/mol. The number of piperazine rings is 1. The maximum absolute atomic E-state index is 11.5. The zero-order valence-corrected chi connectivity index (χ0v) is 11.1. The van der Waals surface area contributed by atoms with Crippen LogP contribution in [0.1, 0.15) is 33.1 Å². The van der Waals surface area contributed by atoms with Gasteiger partial charge in [-0.3, -0.25) is 9.69 Å². The Labute approximate surface area is 104 Å². The predicted octanol–water partition coefficient (Wildman–Crippen LogP) is 0.681. The van der Waals surface area contributed by atoms with Crippen LogP contribution in [-0.2, 0) is 4.79 Å². The Hall–Kier alpha value is -0.610. The fraction of sp³-hybridized carbons (Fsp3) is 0.923. The van der Waals surface area contributed by atoms with Gasteiger partial charge in [-0.15, -0.1) is 0 Å². The van der Waals surface area contributed by atoms with Gasteiger partial charge in [0.05, 0.1) is 0 Å². The summed E-state index contributed by atoms with van der Waals surface area (Å²) in [7, 11) is 0. The molecule has 0 aromatic carbocycles. The summed E-state index contributed by atoms with van der Waals surface area (Å²) in [4.78, 5) is 16.1. The van der Waals surface area contributed by atoms with E-state index in [1.54, 1.807) is 0 Å². The molecule has 4 heteroatoms. The number of carbonyl (C=O) groups is 1. The van der Waals surface area contributed by atoms with Gasteiger partial charge in [0.25, 0.3) is 0 Å². The highest BCUT2D eigenvalue weighted by Gasteiger charge is 2.34. The number of carbonyl (C=O) groups excluding carboxylic acids is 1. The molecule has 0 radical (unpaired) electrons. The van der Waals surface area contributed by atoms with E-state index in [9.17, 15) is 4.79 Å². The Morgan fingerprint density at radius 3 is 3.00 bits per heavy atom. The van der Waals surface area contributed by atoms with Gasteiger partial charge in [0.1, 0.15) is 0 Å². The number of fused-ring (bicyclic) bond motifs is 1. The van der Waals surface area contributed by atoms with Crippen molar-refractivity contribution in [3.05, 3.63) is 0 Å². The Bertz CT molecular complexity index is 267. The molecule has 1 atom stereocenters. The van der Waals surface area contributed by atoms with E-state index in [1.165, 1.54) is 6.42 Å². The average molecular weight is 239 g/mol. The number of rotatable bonds is 5. The largest absolute Gasteiger partial charge is 0.337 e. The standard InChI is InChI=1S/C13H25N3O/c1-11(2)14-6-3-7-15-8-9-16-12(10-15)4-5-13(16)17/h11-12,14H,3-10H2,1-2H3. The first kappa shape index (κ1) is 12.8. The van der Waals surface area contributed by atoms with Crippen LogP contribution >= 0.6 is 0 Å². The molecule has 2 heterocycles. The summed E-state index contributed by atoms with van der Waals surface area (Å²) in [6, 6.07) is 1.09. The van der Waals surface area contributed by atoms with Crippen molar-refractivity contribution in [2.75, 3.05) is 32.7 Å². The van der Waals surface area contributed by atoms with Crippen molar-refractivity contribution >= 4 is 5.91 Å². The lowest BCUT2D eigenvalue weighted by Gasteiger charge is -2.37. The predicted molar refractivity (Wildman–Crippen MR) is 68.9 cm³/mol. The van der Waals surface area contributed by atoms with Crippen LogP contribution in [0.4, 0.5) is 0 Å². The van der Waals surface area contributed by atoms with Crippen LogP contribution in [0.3, 0.4) is 0 Å². The summed E-state index contributed by atoms with van der Waals surface area (Å²) in [5.41, 5.74) is 0. The van der Waals surface area contributed by atoms with Gasteiger partial charge in [-0.1, -0.05) is 13.8 Å². The van der Waals surface area contributed by atoms with Crippen LogP contribution < -0.4 is 5.32 Å². The first-order chi connectivity index (χ1) is 8.16. The Kier molecular flexibility index (Phi) is 4.40. The van der Waals surface area contributed by atoms with E-state index in [-0.39, 0.29) is 0 Å². The molecule has 0 aliphatic carbocycles. The van der Waals surface area contributed by atoms with Crippen LogP contribution in [0.15, 0.2) is 0 Å². The molecule has 0 saturated carbocycles. The first-order valence-corrected chi connectivity index (χ1v) is 6.92. The highest BCUT2D eigenvalue weighted by atomic mass is 16.2. The maximum Gasteiger partial charge on any atom is 0.222 e. The lowest BCUT2D eigenvalue weighted by atomic mass is 10.1. The van der Waals surface area contributed by atoms with Crippen molar-refractivity contribution in [2.45, 2.75) is 45.2 Å². The zero-order valence-electron chi connectivity index (χ0n) is 11.1. The maximum atomic E-state index is 11.5. The second kappa shape index (κ2) is 5.83. The molecule has 1 N–H and O–H groups in total. The molecule has 1 amide bonds. The van der Waals surface area contributed by atoms with Crippen LogP contribution in [0.25, 0.3) is 0 Å². The van der Waals surface area contributed by atoms with E-state index >= 15 is 0 Å². The number of hydrogen-bond donors (Lipinski definition) is 1. The second-order valence-corrected chi connectivity index (χ2v) is 5.54. The van der Waals surface area contributed by atoms with Gasteiger partial charge >= 0.3 is 0 Å². The molecular formula is C13H25N3O. The summed E-state index contributed by atoms with van der Waals surface area (Å²) >= 11 is 0. The quantitative estimate of drug-likeness (QED) is 0.717. The molecule has 2 saturated heterocycles. The third-order valence-corrected chi connectivity index (χ3v) is 3.78. The van der Waals surface area contributed by atoms with Crippen molar-refractivity contribution in [2.24, 2.45) is 0 Å². The lowest BCUT2D eigenvalue weighted by Crippen LogP contribution is -2.51. The summed E-state index contributed by atoms with van der Waals surface area (Å²) in [6.07, 6.45) is 3.05. The van der Waals surface area contributed by atoms with Gasteiger partial charge in [-0.25, -0.2) is 0 Å². The van der Waals surface area contributed by atoms with Crippen LogP contribution in [-0.4, -0.2) is 60.5 Å². The minimum atomic E-state index is 0.371. The smallest absolute Gasteiger partial charge is 0.222 e. The lowest BCUT2D eigenvalue weighted by molar-refractivity contribution is -0.130. The van der Waals surface area contributed by atoms with Crippen LogP contribution in [0.2, 0.25) is 0 Å². The van der Waals surface area contributed by atoms with Crippen molar-refractivity contribution in [3.8, 4) is 0 Å². The van der Waals surface area contributed by atoms with Gasteiger partial charge in [0, 0.05) is 38.1 Å². The van der Waals surface area contributed by atoms with Gasteiger partial charge in [-0.2, -0.15) is 0 Å². The summed E-state index contributed by atoms with van der Waals surface area (Å²) < 4.78 is 0. The summed E-state index contributed by atoms with van der Waals surface area (Å²) in [5, 5.41) is 3.45. The van der Waals surface area contributed by atoms with E-state index in [4.69, 9.17) is 0 Å². The molecule has 2 aliphatic rings. The molecular weight excluding hydrogens is 214 g/mol. The highest BCUT2D eigenvalue weighted by Crippen LogP contribution is 2.22. The van der Waals surface area contributed by atoms with Crippen LogP contribution in [0, 0.1) is 0 Å². The molecule has 0 aromatic rings. The van der Waals surface area contributed by atoms with Crippen LogP contribution in [0.5, 0.6) is 0 Å². The molecule has 4 nitrogen and oxygen atoms in total. The molecule has 0 bridgehead atoms. The minimum Gasteiger partial charge on any atom is -0.337 e. The Morgan fingerprint density at radius 2 is 2.24 bits per heavy atom. The highest BCUT2D eigenvalue weighted by molar-refractivity contribution is 5.78. The third-order valence-electron chi connectivity index (χ3n) is 3.78. The number of nitrogens with zero attached hydrogens (tertiary/aromatic N) is 2. The number of hydrogen-bond acceptors (Lipinski definition) is 3. The first-order valence-electron chi connectivity index (χ1n) is 6.92. The molecule has 2 rings (SSSR count). The zero-order chi connectivity index (χ0) is 12.3. The van der Waals surface area contributed by atoms with Gasteiger partial charge in [0.15, 0.2) is 0 Å². The van der Waals surface area contributed by atoms with Crippen molar-refractivity contribution in [3.63, 3.8) is 0 Å². The fourth-order valence-corrected chi connectivity index (χ4v) is 2.83. The van der Waals surface area contributed by atoms with E-state index in [2.05, 4.69) is 29.0 Å². The molecule has 98 valence electrons. The fourth-order valence-electron chi connectivity index (χ4n) is 2.83. The Balaban J connectivity index is 1.65. The topological polar surface area (TPSA) is 35.6 Å². The number of amides is 1. The van der Waals surface area contributed by atoms with Crippen molar-refractivity contribution in [1.29, 1.82) is 0 Å². The average Bonchev–Trinajstić information content (AvgIpc) is 2.66. The van der Waals surface area contributed by atoms with Gasteiger partial charge in [0.2, 0.25) is 5.91 Å². The van der Waals surface area contributed by atoms with E-state index in [0.717, 1.165) is 45.6 Å². The second-order valence-electron chi connectivity index (χ2n) is 5.54. The van der Waals surface area contributed by atoms with E-state index in [0.29, 0.717) is 18.0 Å². The molecule has 0 aromatic heterocycles. The van der Waals surface area contributed by atoms with Crippen molar-refractivity contribution < 1.29 is 4.79 Å². The molecule has 2 fully saturated rings. The summed E-state index contributed by atoms with van der Waals surface area (Å²) in [6.45, 7) is 9.73. The van der Waals surface area contributed by atoms with Gasteiger partial charge < -0.3 is 10.2 Å². The molecule has 17 heavy (non-hydrogen) atoms. The Morgan fingerprint density at radius 1 is 1.41 bits per heavy atom. The van der Waals surface area contributed by atoms with Crippen molar-refractivity contribution in [1.82, 2.24) is 15.1 Å². The molecule has 0 spiro atoms. The van der Waals surface area contributed by atoms with Gasteiger partial charge in [-0.05, 0) is 25.9 Å². The summed E-state index contributed by atoms with van der Waals surface area (Å²) in [5.74, 6) is 0.371. The normalized spacial score (nSPS) is 25.7. The third kappa shape index (κ3) is 3.42. The molecule has 1 unspecified atom stereocenters.